The quantitative estimate of drug-likeness (QED) is 0.784. The molecule has 1 saturated heterocycles. The van der Waals surface area contributed by atoms with Crippen LogP contribution < -0.4 is 9.47 Å². The van der Waals surface area contributed by atoms with Gasteiger partial charge >= 0.3 is 0 Å². The van der Waals surface area contributed by atoms with Crippen LogP contribution in [-0.4, -0.2) is 19.0 Å². The van der Waals surface area contributed by atoms with Crippen molar-refractivity contribution in [3.05, 3.63) is 60.1 Å². The van der Waals surface area contributed by atoms with Crippen molar-refractivity contribution in [3.63, 3.8) is 0 Å². The summed E-state index contributed by atoms with van der Waals surface area (Å²) < 4.78 is 23.5. The largest absolute Gasteiger partial charge is 0.457 e. The number of hydrogen-bond donors (Lipinski definition) is 0. The molecular formula is C20H18O4. The minimum absolute atomic E-state index is 0.409. The van der Waals surface area contributed by atoms with E-state index in [0.717, 1.165) is 52.9 Å². The SMILES string of the molecule is C1=C(C2=COc3cc4ccccc4cc3O2)CCC2(C1)OCCO2. The molecule has 0 saturated carbocycles. The van der Waals surface area contributed by atoms with Crippen LogP contribution in [0.4, 0.5) is 0 Å². The summed E-state index contributed by atoms with van der Waals surface area (Å²) in [6.45, 7) is 1.37. The maximum absolute atomic E-state index is 6.12. The monoisotopic (exact) mass is 322 g/mol. The second kappa shape index (κ2) is 5.36. The molecule has 1 aliphatic carbocycles. The van der Waals surface area contributed by atoms with Crippen molar-refractivity contribution in [2.75, 3.05) is 13.2 Å². The molecule has 0 bridgehead atoms. The molecule has 0 aromatic heterocycles. The fourth-order valence-corrected chi connectivity index (χ4v) is 3.56. The van der Waals surface area contributed by atoms with E-state index in [1.54, 1.807) is 6.26 Å². The Bertz CT molecular complexity index is 859. The van der Waals surface area contributed by atoms with E-state index in [-0.39, 0.29) is 0 Å². The van der Waals surface area contributed by atoms with Gasteiger partial charge in [-0.15, -0.1) is 0 Å². The van der Waals surface area contributed by atoms with Crippen LogP contribution in [0.15, 0.2) is 60.1 Å². The molecule has 0 atom stereocenters. The normalized spacial score (nSPS) is 21.7. The van der Waals surface area contributed by atoms with E-state index in [1.807, 2.05) is 24.3 Å². The molecule has 0 unspecified atom stereocenters. The first-order valence-corrected chi connectivity index (χ1v) is 8.36. The minimum atomic E-state index is -0.409. The molecule has 1 fully saturated rings. The van der Waals surface area contributed by atoms with Crippen LogP contribution in [0.5, 0.6) is 11.5 Å². The molecule has 2 aromatic rings. The minimum Gasteiger partial charge on any atom is -0.457 e. The van der Waals surface area contributed by atoms with Gasteiger partial charge in [0.05, 0.1) is 13.2 Å². The average Bonchev–Trinajstić information content (AvgIpc) is 3.08. The maximum Gasteiger partial charge on any atom is 0.172 e. The average molecular weight is 322 g/mol. The Hall–Kier alpha value is -2.30. The van der Waals surface area contributed by atoms with Crippen molar-refractivity contribution in [2.45, 2.75) is 25.0 Å². The van der Waals surface area contributed by atoms with Gasteiger partial charge in [0, 0.05) is 12.8 Å². The van der Waals surface area contributed by atoms with Crippen LogP contribution in [0.25, 0.3) is 10.8 Å². The summed E-state index contributed by atoms with van der Waals surface area (Å²) in [6.07, 6.45) is 6.32. The van der Waals surface area contributed by atoms with Crippen LogP contribution in [0.1, 0.15) is 19.3 Å². The predicted octanol–water partition coefficient (Wildman–Crippen LogP) is 4.31. The van der Waals surface area contributed by atoms with Crippen molar-refractivity contribution in [2.24, 2.45) is 0 Å². The van der Waals surface area contributed by atoms with Crippen LogP contribution in [0.3, 0.4) is 0 Å². The first-order chi connectivity index (χ1) is 11.8. The summed E-state index contributed by atoms with van der Waals surface area (Å²) >= 11 is 0. The van der Waals surface area contributed by atoms with E-state index in [4.69, 9.17) is 18.9 Å². The molecule has 24 heavy (non-hydrogen) atoms. The molecule has 2 aromatic carbocycles. The molecule has 122 valence electrons. The highest BCUT2D eigenvalue weighted by atomic mass is 16.7. The molecule has 3 aliphatic rings. The topological polar surface area (TPSA) is 36.9 Å². The first kappa shape index (κ1) is 14.1. The van der Waals surface area contributed by atoms with Gasteiger partial charge in [-0.3, -0.25) is 0 Å². The summed E-state index contributed by atoms with van der Waals surface area (Å²) in [5.74, 6) is 1.90. The fraction of sp³-hybridized carbons (Fsp3) is 0.300. The van der Waals surface area contributed by atoms with Crippen LogP contribution >= 0.6 is 0 Å². The van der Waals surface area contributed by atoms with Crippen molar-refractivity contribution >= 4 is 10.8 Å². The first-order valence-electron chi connectivity index (χ1n) is 8.36. The lowest BCUT2D eigenvalue weighted by Crippen LogP contribution is -2.32. The number of rotatable bonds is 1. The summed E-state index contributed by atoms with van der Waals surface area (Å²) in [5.41, 5.74) is 1.15. The molecule has 4 heteroatoms. The molecule has 5 rings (SSSR count). The summed E-state index contributed by atoms with van der Waals surface area (Å²) in [6, 6.07) is 12.3. The maximum atomic E-state index is 6.12. The predicted molar refractivity (Wildman–Crippen MR) is 89.9 cm³/mol. The van der Waals surface area contributed by atoms with Crippen molar-refractivity contribution in [1.29, 1.82) is 0 Å². The van der Waals surface area contributed by atoms with Gasteiger partial charge in [0.25, 0.3) is 0 Å². The van der Waals surface area contributed by atoms with E-state index in [1.165, 1.54) is 0 Å². The van der Waals surface area contributed by atoms with Crippen molar-refractivity contribution < 1.29 is 18.9 Å². The van der Waals surface area contributed by atoms with Gasteiger partial charge in [0.1, 0.15) is 6.26 Å². The Balaban J connectivity index is 1.41. The van der Waals surface area contributed by atoms with E-state index in [2.05, 4.69) is 18.2 Å². The Kier molecular flexibility index (Phi) is 3.15. The third-order valence-corrected chi connectivity index (χ3v) is 4.89. The van der Waals surface area contributed by atoms with Crippen LogP contribution in [-0.2, 0) is 9.47 Å². The fourth-order valence-electron chi connectivity index (χ4n) is 3.56. The van der Waals surface area contributed by atoms with Crippen LogP contribution in [0.2, 0.25) is 0 Å². The van der Waals surface area contributed by atoms with E-state index in [0.29, 0.717) is 13.2 Å². The lowest BCUT2D eigenvalue weighted by Gasteiger charge is -2.31. The summed E-state index contributed by atoms with van der Waals surface area (Å²) in [5, 5.41) is 2.29. The molecule has 4 nitrogen and oxygen atoms in total. The second-order valence-electron chi connectivity index (χ2n) is 6.39. The zero-order valence-corrected chi connectivity index (χ0v) is 13.3. The molecule has 1 spiro atoms. The van der Waals surface area contributed by atoms with Gasteiger partial charge in [-0.25, -0.2) is 0 Å². The number of hydrogen-bond acceptors (Lipinski definition) is 4. The van der Waals surface area contributed by atoms with Crippen molar-refractivity contribution in [3.8, 4) is 11.5 Å². The lowest BCUT2D eigenvalue weighted by atomic mass is 9.93. The van der Waals surface area contributed by atoms with E-state index >= 15 is 0 Å². The van der Waals surface area contributed by atoms with Gasteiger partial charge < -0.3 is 18.9 Å². The number of allylic oxidation sites excluding steroid dienone is 1. The Morgan fingerprint density at radius 2 is 1.67 bits per heavy atom. The van der Waals surface area contributed by atoms with E-state index < -0.39 is 5.79 Å². The van der Waals surface area contributed by atoms with Gasteiger partial charge in [0.2, 0.25) is 0 Å². The Labute approximate surface area is 140 Å². The molecular weight excluding hydrogens is 304 g/mol. The van der Waals surface area contributed by atoms with Gasteiger partial charge in [-0.2, -0.15) is 0 Å². The number of fused-ring (bicyclic) bond motifs is 2. The van der Waals surface area contributed by atoms with Crippen molar-refractivity contribution in [1.82, 2.24) is 0 Å². The molecule has 0 radical (unpaired) electrons. The number of ether oxygens (including phenoxy) is 4. The van der Waals surface area contributed by atoms with Gasteiger partial charge in [-0.05, 0) is 34.9 Å². The molecule has 0 amide bonds. The standard InChI is InChI=1S/C20H18O4/c1-2-4-16-12-18-17(11-15(16)3-1)21-13-19(24-18)14-5-7-20(8-6-14)22-9-10-23-20/h1-5,11-13H,6-10H2. The Morgan fingerprint density at radius 1 is 0.917 bits per heavy atom. The highest BCUT2D eigenvalue weighted by Gasteiger charge is 2.38. The highest BCUT2D eigenvalue weighted by Crippen LogP contribution is 2.41. The smallest absolute Gasteiger partial charge is 0.172 e. The summed E-state index contributed by atoms with van der Waals surface area (Å²) in [4.78, 5) is 0. The third-order valence-electron chi connectivity index (χ3n) is 4.89. The zero-order valence-electron chi connectivity index (χ0n) is 13.3. The molecule has 0 N–H and O–H groups in total. The van der Waals surface area contributed by atoms with Gasteiger partial charge in [-0.1, -0.05) is 30.3 Å². The zero-order chi connectivity index (χ0) is 16.0. The number of benzene rings is 2. The highest BCUT2D eigenvalue weighted by molar-refractivity contribution is 5.86. The molecule has 2 heterocycles. The van der Waals surface area contributed by atoms with Crippen LogP contribution in [0, 0.1) is 0 Å². The lowest BCUT2D eigenvalue weighted by molar-refractivity contribution is -0.161. The third kappa shape index (κ3) is 2.30. The Morgan fingerprint density at radius 3 is 2.38 bits per heavy atom. The second-order valence-corrected chi connectivity index (χ2v) is 6.39. The van der Waals surface area contributed by atoms with E-state index in [9.17, 15) is 0 Å². The molecule has 2 aliphatic heterocycles. The van der Waals surface area contributed by atoms with Gasteiger partial charge in [0.15, 0.2) is 23.0 Å². The summed E-state index contributed by atoms with van der Waals surface area (Å²) in [7, 11) is 0.